The maximum absolute atomic E-state index is 11.5. The molecule has 0 aliphatic rings. The molecule has 0 bridgehead atoms. The summed E-state index contributed by atoms with van der Waals surface area (Å²) >= 11 is 0. The predicted octanol–water partition coefficient (Wildman–Crippen LogP) is 1.83. The Hall–Kier alpha value is -0.900. The normalized spacial score (nSPS) is 11.6. The summed E-state index contributed by atoms with van der Waals surface area (Å²) in [5.41, 5.74) is 0.849. The average molecular weight is 213 g/mol. The molecular weight excluding hydrogens is 198 g/mol. The minimum atomic E-state index is -3.15. The van der Waals surface area contributed by atoms with Crippen LogP contribution in [0.4, 0.5) is 0 Å². The summed E-state index contributed by atoms with van der Waals surface area (Å²) in [5, 5.41) is 0.200. The fourth-order valence-electron chi connectivity index (χ4n) is 1.17. The van der Waals surface area contributed by atoms with Crippen molar-refractivity contribution >= 4 is 9.84 Å². The zero-order valence-corrected chi connectivity index (χ0v) is 9.34. The van der Waals surface area contributed by atoms with Crippen LogP contribution in [0.25, 0.3) is 0 Å². The summed E-state index contributed by atoms with van der Waals surface area (Å²) in [6.07, 6.45) is 1.80. The summed E-state index contributed by atoms with van der Waals surface area (Å²) in [5.74, 6) is 0.107. The fourth-order valence-corrected chi connectivity index (χ4v) is 2.01. The van der Waals surface area contributed by atoms with E-state index in [1.165, 1.54) is 0 Å². The molecule has 4 heteroatoms. The molecule has 0 radical (unpaired) electrons. The van der Waals surface area contributed by atoms with Gasteiger partial charge in [0.05, 0.1) is 5.75 Å². The molecule has 0 saturated carbocycles. The molecule has 0 amide bonds. The van der Waals surface area contributed by atoms with Gasteiger partial charge in [0.1, 0.15) is 0 Å². The molecule has 1 heterocycles. The molecular formula is C10H15NO2S. The molecule has 0 aromatic carbocycles. The van der Waals surface area contributed by atoms with Gasteiger partial charge in [0, 0.05) is 5.69 Å². The second kappa shape index (κ2) is 4.55. The third-order valence-electron chi connectivity index (χ3n) is 1.99. The van der Waals surface area contributed by atoms with Crippen LogP contribution in [0.15, 0.2) is 23.2 Å². The van der Waals surface area contributed by atoms with Gasteiger partial charge in [-0.25, -0.2) is 13.4 Å². The lowest BCUT2D eigenvalue weighted by molar-refractivity contribution is 0.592. The number of aryl methyl sites for hydroxylation is 1. The molecule has 0 aliphatic carbocycles. The van der Waals surface area contributed by atoms with Crippen molar-refractivity contribution in [3.8, 4) is 0 Å². The van der Waals surface area contributed by atoms with Crippen molar-refractivity contribution in [1.29, 1.82) is 0 Å². The Kier molecular flexibility index (Phi) is 3.63. The number of rotatable bonds is 4. The van der Waals surface area contributed by atoms with Gasteiger partial charge >= 0.3 is 0 Å². The topological polar surface area (TPSA) is 47.0 Å². The Morgan fingerprint density at radius 3 is 2.57 bits per heavy atom. The number of hydrogen-bond acceptors (Lipinski definition) is 3. The smallest absolute Gasteiger partial charge is 0.195 e. The summed E-state index contributed by atoms with van der Waals surface area (Å²) in [6.45, 7) is 3.67. The molecule has 1 aromatic heterocycles. The van der Waals surface area contributed by atoms with Crippen LogP contribution in [0.1, 0.15) is 26.0 Å². The summed E-state index contributed by atoms with van der Waals surface area (Å²) < 4.78 is 23.0. The number of pyridine rings is 1. The minimum Gasteiger partial charge on any atom is -0.241 e. The van der Waals surface area contributed by atoms with Gasteiger partial charge in [-0.1, -0.05) is 26.3 Å². The van der Waals surface area contributed by atoms with E-state index in [0.29, 0.717) is 0 Å². The van der Waals surface area contributed by atoms with Gasteiger partial charge in [-0.15, -0.1) is 0 Å². The first kappa shape index (κ1) is 11.2. The monoisotopic (exact) mass is 213 g/mol. The average Bonchev–Trinajstić information content (AvgIpc) is 2.19. The van der Waals surface area contributed by atoms with Gasteiger partial charge in [0.2, 0.25) is 0 Å². The number of hydrogen-bond donors (Lipinski definition) is 0. The van der Waals surface area contributed by atoms with Gasteiger partial charge in [-0.05, 0) is 18.6 Å². The van der Waals surface area contributed by atoms with Crippen molar-refractivity contribution in [2.75, 3.05) is 5.75 Å². The third-order valence-corrected chi connectivity index (χ3v) is 3.61. The zero-order valence-electron chi connectivity index (χ0n) is 8.53. The molecule has 1 aromatic rings. The molecule has 0 fully saturated rings. The highest BCUT2D eigenvalue weighted by atomic mass is 32.2. The first-order valence-electron chi connectivity index (χ1n) is 4.79. The van der Waals surface area contributed by atoms with E-state index in [0.717, 1.165) is 18.5 Å². The van der Waals surface area contributed by atoms with Crippen molar-refractivity contribution in [3.05, 3.63) is 23.9 Å². The van der Waals surface area contributed by atoms with E-state index >= 15 is 0 Å². The highest BCUT2D eigenvalue weighted by Crippen LogP contribution is 2.09. The van der Waals surface area contributed by atoms with Crippen LogP contribution in [0.3, 0.4) is 0 Å². The second-order valence-electron chi connectivity index (χ2n) is 3.12. The lowest BCUT2D eigenvalue weighted by Crippen LogP contribution is -2.07. The van der Waals surface area contributed by atoms with E-state index in [1.54, 1.807) is 19.1 Å². The van der Waals surface area contributed by atoms with E-state index in [-0.39, 0.29) is 10.8 Å². The van der Waals surface area contributed by atoms with Crippen LogP contribution in [-0.4, -0.2) is 19.2 Å². The van der Waals surface area contributed by atoms with Gasteiger partial charge in [-0.2, -0.15) is 0 Å². The number of nitrogens with zero attached hydrogens (tertiary/aromatic N) is 1. The van der Waals surface area contributed by atoms with Crippen LogP contribution in [-0.2, 0) is 16.3 Å². The van der Waals surface area contributed by atoms with E-state index in [9.17, 15) is 8.42 Å². The Balaban J connectivity index is 3.06. The lowest BCUT2D eigenvalue weighted by Gasteiger charge is -2.02. The Bertz CT molecular complexity index is 398. The maximum atomic E-state index is 11.5. The summed E-state index contributed by atoms with van der Waals surface area (Å²) in [6, 6.07) is 5.16. The Labute approximate surface area is 85.1 Å². The first-order valence-corrected chi connectivity index (χ1v) is 6.44. The number of sulfone groups is 1. The SMILES string of the molecule is CCCc1cccc(S(=O)(=O)CC)n1. The number of aromatic nitrogens is 1. The van der Waals surface area contributed by atoms with E-state index < -0.39 is 9.84 Å². The minimum absolute atomic E-state index is 0.107. The molecule has 0 saturated heterocycles. The lowest BCUT2D eigenvalue weighted by atomic mass is 10.2. The highest BCUT2D eigenvalue weighted by Gasteiger charge is 2.12. The first-order chi connectivity index (χ1) is 6.60. The van der Waals surface area contributed by atoms with Crippen molar-refractivity contribution < 1.29 is 8.42 Å². The van der Waals surface area contributed by atoms with Gasteiger partial charge in [-0.3, -0.25) is 0 Å². The molecule has 3 nitrogen and oxygen atoms in total. The van der Waals surface area contributed by atoms with Gasteiger partial charge in [0.15, 0.2) is 14.9 Å². The molecule has 0 aliphatic heterocycles. The Morgan fingerprint density at radius 1 is 1.29 bits per heavy atom. The van der Waals surface area contributed by atoms with Crippen molar-refractivity contribution in [2.24, 2.45) is 0 Å². The van der Waals surface area contributed by atoms with E-state index in [1.807, 2.05) is 13.0 Å². The van der Waals surface area contributed by atoms with E-state index in [4.69, 9.17) is 0 Å². The summed E-state index contributed by atoms with van der Waals surface area (Å²) in [7, 11) is -3.15. The van der Waals surface area contributed by atoms with Crippen molar-refractivity contribution in [2.45, 2.75) is 31.7 Å². The standard InChI is InChI=1S/C10H15NO2S/c1-3-6-9-7-5-8-10(11-9)14(12,13)4-2/h5,7-8H,3-4,6H2,1-2H3. The van der Waals surface area contributed by atoms with Crippen LogP contribution >= 0.6 is 0 Å². The molecule has 78 valence electrons. The van der Waals surface area contributed by atoms with E-state index in [2.05, 4.69) is 4.98 Å². The molecule has 0 atom stereocenters. The molecule has 14 heavy (non-hydrogen) atoms. The van der Waals surface area contributed by atoms with Crippen molar-refractivity contribution in [3.63, 3.8) is 0 Å². The van der Waals surface area contributed by atoms with Crippen LogP contribution in [0.2, 0.25) is 0 Å². The van der Waals surface area contributed by atoms with Gasteiger partial charge in [0.25, 0.3) is 0 Å². The fraction of sp³-hybridized carbons (Fsp3) is 0.500. The van der Waals surface area contributed by atoms with Gasteiger partial charge < -0.3 is 0 Å². The van der Waals surface area contributed by atoms with Crippen LogP contribution in [0.5, 0.6) is 0 Å². The second-order valence-corrected chi connectivity index (χ2v) is 5.35. The third kappa shape index (κ3) is 2.54. The predicted molar refractivity (Wildman–Crippen MR) is 56.0 cm³/mol. The zero-order chi connectivity index (χ0) is 10.6. The molecule has 0 unspecified atom stereocenters. The van der Waals surface area contributed by atoms with Crippen LogP contribution < -0.4 is 0 Å². The largest absolute Gasteiger partial charge is 0.241 e. The molecule has 0 spiro atoms. The molecule has 1 rings (SSSR count). The van der Waals surface area contributed by atoms with Crippen molar-refractivity contribution in [1.82, 2.24) is 4.98 Å². The Morgan fingerprint density at radius 2 is 2.00 bits per heavy atom. The summed E-state index contributed by atoms with van der Waals surface area (Å²) in [4.78, 5) is 4.12. The molecule has 0 N–H and O–H groups in total. The quantitative estimate of drug-likeness (QED) is 0.766. The van der Waals surface area contributed by atoms with Crippen LogP contribution in [0, 0.1) is 0 Å². The highest BCUT2D eigenvalue weighted by molar-refractivity contribution is 7.91. The maximum Gasteiger partial charge on any atom is 0.195 e.